The number of aliphatic carboxylic acids is 1. The van der Waals surface area contributed by atoms with Crippen molar-refractivity contribution in [1.82, 2.24) is 0 Å². The van der Waals surface area contributed by atoms with Crippen LogP contribution in [0.25, 0.3) is 0 Å². The van der Waals surface area contributed by atoms with Crippen molar-refractivity contribution in [2.24, 2.45) is 11.8 Å². The average molecular weight is 417 g/mol. The summed E-state index contributed by atoms with van der Waals surface area (Å²) in [6.45, 7) is 14.8. The summed E-state index contributed by atoms with van der Waals surface area (Å²) in [5, 5.41) is 8.97. The number of benzene rings is 1. The molecule has 2 rings (SSSR count). The minimum Gasteiger partial charge on any atom is -0.483 e. The van der Waals surface area contributed by atoms with Gasteiger partial charge in [0.15, 0.2) is 6.61 Å². The predicted molar refractivity (Wildman–Crippen MR) is 123 cm³/mol. The largest absolute Gasteiger partial charge is 0.483 e. The van der Waals surface area contributed by atoms with Crippen LogP contribution in [0.3, 0.4) is 0 Å². The number of carbonyl (C=O) groups is 1. The van der Waals surface area contributed by atoms with Gasteiger partial charge in [0.2, 0.25) is 0 Å². The standard InChI is InChI=1S/C26H40O4/c1-17(2)10-8-11-18(3)12-9-14-26(7)15-13-22-21(6)24(29-16-23(27)28)19(4)20(5)25(22)30-26/h9,14,17-18H,8,10-13,15-16H2,1-7H3,(H,27,28)/b14-9+/t18?,26-/m0/s1. The van der Waals surface area contributed by atoms with Gasteiger partial charge in [-0.3, -0.25) is 0 Å². The van der Waals surface area contributed by atoms with Crippen molar-refractivity contribution >= 4 is 5.97 Å². The first-order chi connectivity index (χ1) is 14.0. The van der Waals surface area contributed by atoms with Gasteiger partial charge in [0.1, 0.15) is 17.1 Å². The van der Waals surface area contributed by atoms with E-state index in [9.17, 15) is 4.79 Å². The molecule has 0 saturated carbocycles. The second kappa shape index (κ2) is 10.4. The minimum absolute atomic E-state index is 0.308. The zero-order valence-corrected chi connectivity index (χ0v) is 19.9. The van der Waals surface area contributed by atoms with Gasteiger partial charge in [-0.05, 0) is 81.6 Å². The molecule has 4 nitrogen and oxygen atoms in total. The maximum atomic E-state index is 10.9. The molecule has 1 N–H and O–H groups in total. The Labute approximate surface area is 182 Å². The second-order valence-electron chi connectivity index (χ2n) is 9.68. The third kappa shape index (κ3) is 6.26. The molecule has 0 fully saturated rings. The van der Waals surface area contributed by atoms with Gasteiger partial charge in [0, 0.05) is 5.56 Å². The summed E-state index contributed by atoms with van der Waals surface area (Å²) in [6, 6.07) is 0. The molecule has 0 amide bonds. The predicted octanol–water partition coefficient (Wildman–Crippen LogP) is 6.57. The third-order valence-electron chi connectivity index (χ3n) is 6.34. The molecule has 0 spiro atoms. The molecule has 1 aliphatic rings. The molecular formula is C26H40O4. The zero-order chi connectivity index (χ0) is 22.5. The lowest BCUT2D eigenvalue weighted by Crippen LogP contribution is -2.35. The second-order valence-corrected chi connectivity index (χ2v) is 9.68. The summed E-state index contributed by atoms with van der Waals surface area (Å²) in [7, 11) is 0. The Kier molecular flexibility index (Phi) is 8.40. The molecule has 4 heteroatoms. The van der Waals surface area contributed by atoms with Crippen molar-refractivity contribution in [3.63, 3.8) is 0 Å². The summed E-state index contributed by atoms with van der Waals surface area (Å²) in [6.07, 6.45) is 11.3. The van der Waals surface area contributed by atoms with Gasteiger partial charge in [-0.25, -0.2) is 4.79 Å². The van der Waals surface area contributed by atoms with Crippen LogP contribution in [-0.4, -0.2) is 23.3 Å². The van der Waals surface area contributed by atoms with Gasteiger partial charge >= 0.3 is 5.97 Å². The van der Waals surface area contributed by atoms with Crippen molar-refractivity contribution < 1.29 is 19.4 Å². The van der Waals surface area contributed by atoms with Crippen LogP contribution in [0.2, 0.25) is 0 Å². The van der Waals surface area contributed by atoms with Gasteiger partial charge in [-0.1, -0.05) is 46.1 Å². The fourth-order valence-electron chi connectivity index (χ4n) is 4.26. The van der Waals surface area contributed by atoms with E-state index in [0.717, 1.165) is 53.2 Å². The SMILES string of the molecule is Cc1c(C)c2c(c(C)c1OCC(=O)O)CC[C@](C)(/C=C/CC(C)CCCC(C)C)O2. The van der Waals surface area contributed by atoms with Gasteiger partial charge in [0.05, 0.1) is 0 Å². The third-order valence-corrected chi connectivity index (χ3v) is 6.34. The van der Waals surface area contributed by atoms with E-state index in [1.54, 1.807) is 0 Å². The number of allylic oxidation sites excluding steroid dienone is 1. The van der Waals surface area contributed by atoms with E-state index in [1.165, 1.54) is 19.3 Å². The van der Waals surface area contributed by atoms with Crippen LogP contribution in [0.5, 0.6) is 11.5 Å². The minimum atomic E-state index is -0.962. The topological polar surface area (TPSA) is 55.8 Å². The lowest BCUT2D eigenvalue weighted by molar-refractivity contribution is -0.139. The number of fused-ring (bicyclic) bond motifs is 1. The molecule has 1 aliphatic heterocycles. The molecule has 0 radical (unpaired) electrons. The molecule has 30 heavy (non-hydrogen) atoms. The maximum Gasteiger partial charge on any atom is 0.341 e. The Bertz CT molecular complexity index is 778. The Hall–Kier alpha value is -1.97. The van der Waals surface area contributed by atoms with Crippen LogP contribution in [0.4, 0.5) is 0 Å². The van der Waals surface area contributed by atoms with E-state index in [1.807, 2.05) is 20.8 Å². The van der Waals surface area contributed by atoms with Crippen LogP contribution in [0.1, 0.15) is 82.1 Å². The molecule has 0 aromatic heterocycles. The summed E-state index contributed by atoms with van der Waals surface area (Å²) in [5.74, 6) is 2.14. The highest BCUT2D eigenvalue weighted by molar-refractivity contribution is 5.69. The van der Waals surface area contributed by atoms with E-state index in [0.29, 0.717) is 11.7 Å². The van der Waals surface area contributed by atoms with Crippen LogP contribution < -0.4 is 9.47 Å². The monoisotopic (exact) mass is 416 g/mol. The van der Waals surface area contributed by atoms with E-state index >= 15 is 0 Å². The van der Waals surface area contributed by atoms with Crippen LogP contribution >= 0.6 is 0 Å². The van der Waals surface area contributed by atoms with Crippen molar-refractivity contribution in [2.45, 2.75) is 92.6 Å². The number of rotatable bonds is 10. The van der Waals surface area contributed by atoms with E-state index in [-0.39, 0.29) is 12.2 Å². The van der Waals surface area contributed by atoms with Gasteiger partial charge in [-0.15, -0.1) is 0 Å². The first kappa shape index (κ1) is 24.3. The highest BCUT2D eigenvalue weighted by atomic mass is 16.5. The molecule has 0 aliphatic carbocycles. The number of ether oxygens (including phenoxy) is 2. The Balaban J connectivity index is 2.09. The molecule has 1 heterocycles. The Morgan fingerprint density at radius 2 is 1.87 bits per heavy atom. The maximum absolute atomic E-state index is 10.9. The molecule has 0 bridgehead atoms. The Morgan fingerprint density at radius 1 is 1.17 bits per heavy atom. The van der Waals surface area contributed by atoms with Crippen LogP contribution in [0.15, 0.2) is 12.2 Å². The summed E-state index contributed by atoms with van der Waals surface area (Å²) >= 11 is 0. The fourth-order valence-corrected chi connectivity index (χ4v) is 4.26. The lowest BCUT2D eigenvalue weighted by Gasteiger charge is -2.36. The highest BCUT2D eigenvalue weighted by Crippen LogP contribution is 2.44. The Morgan fingerprint density at radius 3 is 2.50 bits per heavy atom. The van der Waals surface area contributed by atoms with Crippen molar-refractivity contribution in [3.05, 3.63) is 34.4 Å². The first-order valence-corrected chi connectivity index (χ1v) is 11.4. The van der Waals surface area contributed by atoms with Crippen molar-refractivity contribution in [3.8, 4) is 11.5 Å². The lowest BCUT2D eigenvalue weighted by atomic mass is 9.86. The molecule has 1 aromatic carbocycles. The molecule has 1 aromatic rings. The van der Waals surface area contributed by atoms with Gasteiger partial charge in [0.25, 0.3) is 0 Å². The summed E-state index contributed by atoms with van der Waals surface area (Å²) in [4.78, 5) is 10.9. The average Bonchev–Trinajstić information content (AvgIpc) is 2.65. The molecule has 2 atom stereocenters. The van der Waals surface area contributed by atoms with E-state index in [2.05, 4.69) is 39.8 Å². The fraction of sp³-hybridized carbons (Fsp3) is 0.654. The van der Waals surface area contributed by atoms with Gasteiger partial charge < -0.3 is 14.6 Å². The highest BCUT2D eigenvalue weighted by Gasteiger charge is 2.33. The molecule has 1 unspecified atom stereocenters. The molecule has 168 valence electrons. The summed E-state index contributed by atoms with van der Waals surface area (Å²) < 4.78 is 12.1. The normalized spacial score (nSPS) is 19.6. The number of carboxylic acid groups (broad SMARTS) is 1. The number of carboxylic acids is 1. The summed E-state index contributed by atoms with van der Waals surface area (Å²) in [5.41, 5.74) is 3.83. The van der Waals surface area contributed by atoms with E-state index < -0.39 is 5.97 Å². The van der Waals surface area contributed by atoms with Gasteiger partial charge in [-0.2, -0.15) is 0 Å². The van der Waals surface area contributed by atoms with Crippen LogP contribution in [-0.2, 0) is 11.2 Å². The quantitative estimate of drug-likeness (QED) is 0.438. The van der Waals surface area contributed by atoms with Crippen molar-refractivity contribution in [2.75, 3.05) is 6.61 Å². The van der Waals surface area contributed by atoms with Crippen molar-refractivity contribution in [1.29, 1.82) is 0 Å². The molecule has 0 saturated heterocycles. The first-order valence-electron chi connectivity index (χ1n) is 11.4. The number of hydrogen-bond donors (Lipinski definition) is 1. The smallest absolute Gasteiger partial charge is 0.341 e. The molecular weight excluding hydrogens is 376 g/mol. The van der Waals surface area contributed by atoms with Crippen LogP contribution in [0, 0.1) is 32.6 Å². The number of hydrogen-bond acceptors (Lipinski definition) is 3. The zero-order valence-electron chi connectivity index (χ0n) is 19.9. The van der Waals surface area contributed by atoms with E-state index in [4.69, 9.17) is 14.6 Å².